The maximum Gasteiger partial charge on any atom is 0.287 e. The van der Waals surface area contributed by atoms with Gasteiger partial charge in [0.25, 0.3) is 5.91 Å². The van der Waals surface area contributed by atoms with Crippen molar-refractivity contribution in [3.8, 4) is 11.5 Å². The van der Waals surface area contributed by atoms with E-state index in [0.29, 0.717) is 13.0 Å². The van der Waals surface area contributed by atoms with Crippen molar-refractivity contribution in [1.82, 2.24) is 5.32 Å². The van der Waals surface area contributed by atoms with Gasteiger partial charge in [0.15, 0.2) is 5.76 Å². The molecule has 0 spiro atoms. The van der Waals surface area contributed by atoms with Crippen LogP contribution in [0.1, 0.15) is 21.7 Å². The number of para-hydroxylation sites is 1. The fourth-order valence-corrected chi connectivity index (χ4v) is 2.67. The number of carbonyl (C=O) groups is 1. The van der Waals surface area contributed by atoms with E-state index in [1.165, 1.54) is 6.26 Å². The second-order valence-electron chi connectivity index (χ2n) is 6.06. The monoisotopic (exact) mass is 379 g/mol. The molecule has 0 aliphatic rings. The van der Waals surface area contributed by atoms with Crippen LogP contribution in [0.2, 0.25) is 0 Å². The molecule has 28 heavy (non-hydrogen) atoms. The first kappa shape index (κ1) is 19.2. The summed E-state index contributed by atoms with van der Waals surface area (Å²) in [4.78, 5) is 24.4. The molecule has 1 aromatic heterocycles. The van der Waals surface area contributed by atoms with Crippen LogP contribution < -0.4 is 20.2 Å². The van der Waals surface area contributed by atoms with Crippen molar-refractivity contribution < 1.29 is 18.7 Å². The summed E-state index contributed by atoms with van der Waals surface area (Å²) in [7, 11) is 1.60. The maximum absolute atomic E-state index is 12.2. The molecular weight excluding hydrogens is 358 g/mol. The molecule has 6 heteroatoms. The summed E-state index contributed by atoms with van der Waals surface area (Å²) in [5, 5.41) is 2.74. The number of amides is 1. The summed E-state index contributed by atoms with van der Waals surface area (Å²) in [6.07, 6.45) is 1.76. The van der Waals surface area contributed by atoms with E-state index in [4.69, 9.17) is 13.9 Å². The van der Waals surface area contributed by atoms with Gasteiger partial charge in [-0.1, -0.05) is 48.5 Å². The van der Waals surface area contributed by atoms with Crippen LogP contribution in [0.15, 0.2) is 76.1 Å². The molecule has 2 aromatic carbocycles. The minimum absolute atomic E-state index is 0.0583. The van der Waals surface area contributed by atoms with E-state index in [1.54, 1.807) is 7.11 Å². The minimum Gasteiger partial charge on any atom is -0.496 e. The van der Waals surface area contributed by atoms with Crippen molar-refractivity contribution >= 4 is 5.91 Å². The number of rotatable bonds is 8. The molecule has 0 atom stereocenters. The van der Waals surface area contributed by atoms with Gasteiger partial charge in [0.05, 0.1) is 7.11 Å². The molecule has 0 bridgehead atoms. The van der Waals surface area contributed by atoms with Gasteiger partial charge in [0, 0.05) is 12.6 Å². The van der Waals surface area contributed by atoms with E-state index in [2.05, 4.69) is 5.32 Å². The van der Waals surface area contributed by atoms with E-state index < -0.39 is 11.3 Å². The minimum atomic E-state index is -0.457. The molecule has 3 aromatic rings. The quantitative estimate of drug-likeness (QED) is 0.650. The summed E-state index contributed by atoms with van der Waals surface area (Å²) >= 11 is 0. The summed E-state index contributed by atoms with van der Waals surface area (Å²) in [6.45, 7) is 0.630. The fourth-order valence-electron chi connectivity index (χ4n) is 2.67. The number of carbonyl (C=O) groups excluding carboxylic acids is 1. The Hall–Kier alpha value is -3.54. The average molecular weight is 379 g/mol. The van der Waals surface area contributed by atoms with Crippen LogP contribution in [-0.2, 0) is 13.0 Å². The summed E-state index contributed by atoms with van der Waals surface area (Å²) in [5.41, 5.74) is 1.51. The topological polar surface area (TPSA) is 77.8 Å². The molecule has 0 aliphatic heterocycles. The average Bonchev–Trinajstić information content (AvgIpc) is 2.74. The molecule has 0 unspecified atom stereocenters. The molecule has 1 heterocycles. The zero-order valence-electron chi connectivity index (χ0n) is 15.5. The molecule has 1 amide bonds. The lowest BCUT2D eigenvalue weighted by atomic mass is 10.1. The highest BCUT2D eigenvalue weighted by molar-refractivity contribution is 5.91. The van der Waals surface area contributed by atoms with Gasteiger partial charge in [0.2, 0.25) is 11.2 Å². The Morgan fingerprint density at radius 1 is 1.04 bits per heavy atom. The molecule has 1 N–H and O–H groups in total. The van der Waals surface area contributed by atoms with E-state index >= 15 is 0 Å². The Morgan fingerprint density at radius 3 is 2.54 bits per heavy atom. The lowest BCUT2D eigenvalue weighted by molar-refractivity contribution is 0.0923. The molecular formula is C22H21NO5. The van der Waals surface area contributed by atoms with Gasteiger partial charge in [-0.2, -0.15) is 0 Å². The zero-order valence-corrected chi connectivity index (χ0v) is 15.5. The normalized spacial score (nSPS) is 10.3. The van der Waals surface area contributed by atoms with Crippen LogP contribution in [0.4, 0.5) is 0 Å². The molecule has 0 radical (unpaired) electrons. The first-order valence-corrected chi connectivity index (χ1v) is 8.87. The summed E-state index contributed by atoms with van der Waals surface area (Å²) in [5.74, 6) is 0.316. The molecule has 0 saturated heterocycles. The van der Waals surface area contributed by atoms with Crippen LogP contribution in [0, 0.1) is 0 Å². The van der Waals surface area contributed by atoms with Gasteiger partial charge < -0.3 is 19.2 Å². The Morgan fingerprint density at radius 2 is 1.79 bits per heavy atom. The molecule has 3 rings (SSSR count). The predicted molar refractivity (Wildman–Crippen MR) is 105 cm³/mol. The van der Waals surface area contributed by atoms with Crippen LogP contribution in [0.5, 0.6) is 11.5 Å². The standard InChI is InChI=1S/C22H21NO5/c1-26-19-10-6-5-9-17(19)11-12-23-22(25)20-13-18(24)21(15-28-20)27-14-16-7-3-2-4-8-16/h2-10,13,15H,11-12,14H2,1H3,(H,23,25). The molecule has 0 fully saturated rings. The van der Waals surface area contributed by atoms with Crippen molar-refractivity contribution in [3.05, 3.63) is 94.0 Å². The number of hydrogen-bond acceptors (Lipinski definition) is 5. The van der Waals surface area contributed by atoms with Gasteiger partial charge in [-0.25, -0.2) is 0 Å². The summed E-state index contributed by atoms with van der Waals surface area (Å²) < 4.78 is 16.0. The number of benzene rings is 2. The fraction of sp³-hybridized carbons (Fsp3) is 0.182. The van der Waals surface area contributed by atoms with E-state index in [9.17, 15) is 9.59 Å². The van der Waals surface area contributed by atoms with E-state index in [-0.39, 0.29) is 18.1 Å². The smallest absolute Gasteiger partial charge is 0.287 e. The third-order valence-electron chi connectivity index (χ3n) is 4.13. The lowest BCUT2D eigenvalue weighted by Gasteiger charge is -2.09. The van der Waals surface area contributed by atoms with Crippen molar-refractivity contribution in [2.75, 3.05) is 13.7 Å². The Bertz CT molecular complexity index is 981. The Kier molecular flexibility index (Phi) is 6.46. The van der Waals surface area contributed by atoms with E-state index in [0.717, 1.165) is 22.9 Å². The highest BCUT2D eigenvalue weighted by Gasteiger charge is 2.12. The zero-order chi connectivity index (χ0) is 19.8. The van der Waals surface area contributed by atoms with Gasteiger partial charge in [0.1, 0.15) is 18.6 Å². The third kappa shape index (κ3) is 5.01. The van der Waals surface area contributed by atoms with Gasteiger partial charge in [-0.3, -0.25) is 9.59 Å². The van der Waals surface area contributed by atoms with Crippen LogP contribution in [-0.4, -0.2) is 19.6 Å². The van der Waals surface area contributed by atoms with Crippen LogP contribution in [0.3, 0.4) is 0 Å². The third-order valence-corrected chi connectivity index (χ3v) is 4.13. The lowest BCUT2D eigenvalue weighted by Crippen LogP contribution is -2.26. The van der Waals surface area contributed by atoms with Crippen LogP contribution in [0.25, 0.3) is 0 Å². The molecule has 0 saturated carbocycles. The first-order valence-electron chi connectivity index (χ1n) is 8.87. The highest BCUT2D eigenvalue weighted by atomic mass is 16.5. The molecule has 6 nitrogen and oxygen atoms in total. The van der Waals surface area contributed by atoms with Crippen LogP contribution >= 0.6 is 0 Å². The Balaban J connectivity index is 1.55. The van der Waals surface area contributed by atoms with Gasteiger partial charge in [-0.15, -0.1) is 0 Å². The number of methoxy groups -OCH3 is 1. The maximum atomic E-state index is 12.2. The van der Waals surface area contributed by atoms with Gasteiger partial charge in [-0.05, 0) is 23.6 Å². The van der Waals surface area contributed by atoms with Crippen molar-refractivity contribution in [2.24, 2.45) is 0 Å². The van der Waals surface area contributed by atoms with Gasteiger partial charge >= 0.3 is 0 Å². The SMILES string of the molecule is COc1ccccc1CCNC(=O)c1cc(=O)c(OCc2ccccc2)co1. The van der Waals surface area contributed by atoms with E-state index in [1.807, 2.05) is 54.6 Å². The second-order valence-corrected chi connectivity index (χ2v) is 6.06. The number of nitrogens with one attached hydrogen (secondary N) is 1. The second kappa shape index (κ2) is 9.41. The number of ether oxygens (including phenoxy) is 2. The molecule has 144 valence electrons. The number of hydrogen-bond donors (Lipinski definition) is 1. The highest BCUT2D eigenvalue weighted by Crippen LogP contribution is 2.17. The van der Waals surface area contributed by atoms with Crippen molar-refractivity contribution in [1.29, 1.82) is 0 Å². The largest absolute Gasteiger partial charge is 0.496 e. The first-order chi connectivity index (χ1) is 13.7. The predicted octanol–water partition coefficient (Wildman–Crippen LogP) is 3.20. The van der Waals surface area contributed by atoms with Crippen molar-refractivity contribution in [2.45, 2.75) is 13.0 Å². The molecule has 0 aliphatic carbocycles. The Labute approximate surface area is 162 Å². The summed E-state index contributed by atoms with van der Waals surface area (Å²) in [6, 6.07) is 18.2. The van der Waals surface area contributed by atoms with Crippen molar-refractivity contribution in [3.63, 3.8) is 0 Å².